The molecule has 1 aromatic heterocycles. The normalized spacial score (nSPS) is 12.6. The number of nitrogens with one attached hydrogen (secondary N) is 1. The number of hydrogen-bond acceptors (Lipinski definition) is 4. The van der Waals surface area contributed by atoms with Crippen LogP contribution in [0.1, 0.15) is 5.56 Å². The van der Waals surface area contributed by atoms with Gasteiger partial charge in [-0.2, -0.15) is 13.2 Å². The van der Waals surface area contributed by atoms with Crippen LogP contribution in [0.15, 0.2) is 47.4 Å². The Morgan fingerprint density at radius 1 is 1.12 bits per heavy atom. The molecular formula is C15H13F3N4O2S. The van der Waals surface area contributed by atoms with Crippen molar-refractivity contribution < 1.29 is 21.6 Å². The fourth-order valence-electron chi connectivity index (χ4n) is 2.39. The van der Waals surface area contributed by atoms with Gasteiger partial charge in [0, 0.05) is 5.39 Å². The molecule has 0 spiro atoms. The van der Waals surface area contributed by atoms with Gasteiger partial charge in [0.15, 0.2) is 5.82 Å². The lowest BCUT2D eigenvalue weighted by atomic mass is 10.2. The first-order valence-corrected chi connectivity index (χ1v) is 8.51. The van der Waals surface area contributed by atoms with E-state index in [0.717, 1.165) is 12.1 Å². The van der Waals surface area contributed by atoms with Gasteiger partial charge in [0.05, 0.1) is 21.7 Å². The Bertz CT molecular complexity index is 1040. The summed E-state index contributed by atoms with van der Waals surface area (Å²) in [5, 5.41) is 4.48. The van der Waals surface area contributed by atoms with Crippen molar-refractivity contribution in [3.05, 3.63) is 48.0 Å². The molecule has 0 aliphatic rings. The third-order valence-corrected chi connectivity index (χ3v) is 5.11. The Morgan fingerprint density at radius 3 is 2.32 bits per heavy atom. The zero-order valence-corrected chi connectivity index (χ0v) is 13.7. The number of nitrogen functional groups attached to an aromatic ring is 1. The molecule has 0 amide bonds. The maximum Gasteiger partial charge on any atom is 0.416 e. The van der Waals surface area contributed by atoms with Crippen molar-refractivity contribution in [2.75, 3.05) is 12.8 Å². The molecule has 3 N–H and O–H groups in total. The minimum atomic E-state index is -4.43. The molecule has 0 aliphatic heterocycles. The Hall–Kier alpha value is -2.59. The molecule has 6 nitrogen and oxygen atoms in total. The highest BCUT2D eigenvalue weighted by Crippen LogP contribution is 2.31. The van der Waals surface area contributed by atoms with Crippen LogP contribution in [0, 0.1) is 0 Å². The van der Waals surface area contributed by atoms with Crippen molar-refractivity contribution in [2.24, 2.45) is 0 Å². The molecular weight excluding hydrogens is 357 g/mol. The van der Waals surface area contributed by atoms with Crippen LogP contribution in [0.4, 0.5) is 19.0 Å². The summed E-state index contributed by atoms with van der Waals surface area (Å²) in [4.78, 5) is 0.0150. The van der Waals surface area contributed by atoms with E-state index in [9.17, 15) is 21.6 Å². The van der Waals surface area contributed by atoms with E-state index in [2.05, 4.69) is 9.82 Å². The number of anilines is 1. The van der Waals surface area contributed by atoms with E-state index in [-0.39, 0.29) is 10.7 Å². The van der Waals surface area contributed by atoms with E-state index in [4.69, 9.17) is 5.73 Å². The molecule has 0 saturated carbocycles. The molecule has 132 valence electrons. The van der Waals surface area contributed by atoms with Gasteiger partial charge in [-0.15, -0.1) is 5.10 Å². The molecule has 0 aliphatic carbocycles. The smallest absolute Gasteiger partial charge is 0.382 e. The van der Waals surface area contributed by atoms with E-state index < -0.39 is 21.8 Å². The van der Waals surface area contributed by atoms with Gasteiger partial charge in [-0.1, -0.05) is 0 Å². The van der Waals surface area contributed by atoms with Crippen LogP contribution in [-0.4, -0.2) is 25.2 Å². The minimum Gasteiger partial charge on any atom is -0.382 e. The lowest BCUT2D eigenvalue weighted by molar-refractivity contribution is -0.137. The van der Waals surface area contributed by atoms with Gasteiger partial charge in [0.25, 0.3) is 0 Å². The lowest BCUT2D eigenvalue weighted by Gasteiger charge is -2.08. The highest BCUT2D eigenvalue weighted by atomic mass is 32.2. The number of hydrogen-bond donors (Lipinski definition) is 2. The zero-order valence-electron chi connectivity index (χ0n) is 12.9. The minimum absolute atomic E-state index is 0.0150. The van der Waals surface area contributed by atoms with Crippen molar-refractivity contribution in [2.45, 2.75) is 11.1 Å². The van der Waals surface area contributed by atoms with Gasteiger partial charge in [-0.05, 0) is 49.5 Å². The molecule has 0 unspecified atom stereocenters. The highest BCUT2D eigenvalue weighted by molar-refractivity contribution is 7.89. The third kappa shape index (κ3) is 3.05. The Labute approximate surface area is 141 Å². The van der Waals surface area contributed by atoms with Crippen LogP contribution in [-0.2, 0) is 16.2 Å². The summed E-state index contributed by atoms with van der Waals surface area (Å²) in [6.45, 7) is 0. The monoisotopic (exact) mass is 370 g/mol. The average Bonchev–Trinajstić information content (AvgIpc) is 2.91. The van der Waals surface area contributed by atoms with Crippen molar-refractivity contribution in [1.82, 2.24) is 14.5 Å². The fraction of sp³-hybridized carbons (Fsp3) is 0.133. The summed E-state index contributed by atoms with van der Waals surface area (Å²) in [5.41, 5.74) is 5.92. The second-order valence-corrected chi connectivity index (χ2v) is 7.11. The zero-order chi connectivity index (χ0) is 18.4. The summed E-state index contributed by atoms with van der Waals surface area (Å²) in [6, 6.07) is 8.66. The number of sulfonamides is 1. The van der Waals surface area contributed by atoms with Crippen LogP contribution in [0.5, 0.6) is 0 Å². The number of alkyl halides is 3. The first kappa shape index (κ1) is 17.2. The molecule has 10 heteroatoms. The van der Waals surface area contributed by atoms with E-state index in [1.165, 1.54) is 42.1 Å². The predicted molar refractivity (Wildman–Crippen MR) is 86.7 cm³/mol. The summed E-state index contributed by atoms with van der Waals surface area (Å²) in [7, 11) is -2.37. The Morgan fingerprint density at radius 2 is 1.76 bits per heavy atom. The number of halogens is 3. The number of nitrogens with two attached hydrogens (primary N) is 1. The largest absolute Gasteiger partial charge is 0.416 e. The van der Waals surface area contributed by atoms with Gasteiger partial charge < -0.3 is 5.73 Å². The quantitative estimate of drug-likeness (QED) is 0.741. The van der Waals surface area contributed by atoms with Crippen LogP contribution in [0.2, 0.25) is 0 Å². The summed E-state index contributed by atoms with van der Waals surface area (Å²) >= 11 is 0. The van der Waals surface area contributed by atoms with Crippen LogP contribution < -0.4 is 10.5 Å². The SMILES string of the molecule is CNS(=O)(=O)c1ccc2c(c1)c(N)nn2-c1ccc(C(F)(F)F)cc1. The second-order valence-electron chi connectivity index (χ2n) is 5.23. The number of rotatable bonds is 3. The van der Waals surface area contributed by atoms with Gasteiger partial charge in [0.2, 0.25) is 10.0 Å². The van der Waals surface area contributed by atoms with Crippen LogP contribution >= 0.6 is 0 Å². The fourth-order valence-corrected chi connectivity index (χ4v) is 3.15. The molecule has 0 atom stereocenters. The maximum absolute atomic E-state index is 12.7. The molecule has 2 aromatic carbocycles. The second kappa shape index (κ2) is 5.74. The van der Waals surface area contributed by atoms with Gasteiger partial charge >= 0.3 is 6.18 Å². The standard InChI is InChI=1S/C15H13F3N4O2S/c1-20-25(23,24)11-6-7-13-12(8-11)14(19)21-22(13)10-4-2-9(3-5-10)15(16,17)18/h2-8,20H,1H3,(H2,19,21). The van der Waals surface area contributed by atoms with Gasteiger partial charge in [-0.3, -0.25) is 0 Å². The third-order valence-electron chi connectivity index (χ3n) is 3.70. The summed E-state index contributed by atoms with van der Waals surface area (Å²) < 4.78 is 65.3. The number of fused-ring (bicyclic) bond motifs is 1. The lowest BCUT2D eigenvalue weighted by Crippen LogP contribution is -2.18. The van der Waals surface area contributed by atoms with Crippen molar-refractivity contribution in [3.63, 3.8) is 0 Å². The van der Waals surface area contributed by atoms with Crippen molar-refractivity contribution in [3.8, 4) is 5.69 Å². The van der Waals surface area contributed by atoms with E-state index in [1.54, 1.807) is 0 Å². The predicted octanol–water partition coefficient (Wildman–Crippen LogP) is 2.53. The topological polar surface area (TPSA) is 90.0 Å². The van der Waals surface area contributed by atoms with Gasteiger partial charge in [-0.25, -0.2) is 17.8 Å². The maximum atomic E-state index is 12.7. The molecule has 0 fully saturated rings. The Balaban J connectivity index is 2.12. The summed E-state index contributed by atoms with van der Waals surface area (Å²) in [5.74, 6) is 0.0723. The van der Waals surface area contributed by atoms with Crippen molar-refractivity contribution >= 4 is 26.7 Å². The molecule has 1 heterocycles. The van der Waals surface area contributed by atoms with Crippen LogP contribution in [0.3, 0.4) is 0 Å². The first-order chi connectivity index (χ1) is 11.6. The average molecular weight is 370 g/mol. The molecule has 3 rings (SSSR count). The number of benzene rings is 2. The van der Waals surface area contributed by atoms with E-state index in [1.807, 2.05) is 0 Å². The number of aromatic nitrogens is 2. The molecule has 0 saturated heterocycles. The molecule has 0 radical (unpaired) electrons. The van der Waals surface area contributed by atoms with E-state index >= 15 is 0 Å². The van der Waals surface area contributed by atoms with Gasteiger partial charge in [0.1, 0.15) is 0 Å². The first-order valence-electron chi connectivity index (χ1n) is 7.03. The number of nitrogens with zero attached hydrogens (tertiary/aromatic N) is 2. The summed E-state index contributed by atoms with van der Waals surface area (Å²) in [6.07, 6.45) is -4.43. The molecule has 25 heavy (non-hydrogen) atoms. The highest BCUT2D eigenvalue weighted by Gasteiger charge is 2.30. The van der Waals surface area contributed by atoms with Crippen molar-refractivity contribution in [1.29, 1.82) is 0 Å². The van der Waals surface area contributed by atoms with Crippen LogP contribution in [0.25, 0.3) is 16.6 Å². The van der Waals surface area contributed by atoms with E-state index in [0.29, 0.717) is 16.6 Å². The Kier molecular flexibility index (Phi) is 3.96. The molecule has 3 aromatic rings. The molecule has 0 bridgehead atoms.